The number of benzene rings is 1. The number of fused-ring (bicyclic) bond motifs is 1. The maximum atomic E-state index is 6.12. The zero-order valence-electron chi connectivity index (χ0n) is 11.7. The number of anilines is 1. The van der Waals surface area contributed by atoms with Crippen molar-refractivity contribution >= 4 is 28.3 Å². The van der Waals surface area contributed by atoms with E-state index in [4.69, 9.17) is 21.3 Å². The predicted octanol–water partition coefficient (Wildman–Crippen LogP) is 3.45. The van der Waals surface area contributed by atoms with Crippen LogP contribution in [0.2, 0.25) is 0 Å². The van der Waals surface area contributed by atoms with Gasteiger partial charge in [-0.1, -0.05) is 18.2 Å². The van der Waals surface area contributed by atoms with Crippen LogP contribution in [0.3, 0.4) is 0 Å². The van der Waals surface area contributed by atoms with Gasteiger partial charge in [0.1, 0.15) is 5.82 Å². The molecular weight excluding hydrogens is 272 g/mol. The molecule has 1 aliphatic heterocycles. The van der Waals surface area contributed by atoms with Gasteiger partial charge in [0, 0.05) is 37.1 Å². The van der Waals surface area contributed by atoms with Gasteiger partial charge in [0.15, 0.2) is 0 Å². The Morgan fingerprint density at radius 1 is 1.40 bits per heavy atom. The second kappa shape index (κ2) is 5.98. The molecule has 1 saturated heterocycles. The molecule has 1 unspecified atom stereocenters. The van der Waals surface area contributed by atoms with Crippen molar-refractivity contribution in [3.8, 4) is 0 Å². The topological polar surface area (TPSA) is 25.4 Å². The third kappa shape index (κ3) is 2.60. The third-order valence-corrected chi connectivity index (χ3v) is 4.20. The van der Waals surface area contributed by atoms with E-state index in [2.05, 4.69) is 23.1 Å². The number of methoxy groups -OCH3 is 1. The van der Waals surface area contributed by atoms with Gasteiger partial charge in [0.05, 0.1) is 18.0 Å². The van der Waals surface area contributed by atoms with Crippen molar-refractivity contribution in [1.29, 1.82) is 0 Å². The first kappa shape index (κ1) is 13.7. The molecule has 20 heavy (non-hydrogen) atoms. The summed E-state index contributed by atoms with van der Waals surface area (Å²) in [5, 5.41) is 1.15. The average Bonchev–Trinajstić information content (AvgIpc) is 2.94. The monoisotopic (exact) mass is 290 g/mol. The number of alkyl halides is 1. The Morgan fingerprint density at radius 2 is 2.25 bits per heavy atom. The highest BCUT2D eigenvalue weighted by atomic mass is 35.5. The van der Waals surface area contributed by atoms with Gasteiger partial charge in [-0.3, -0.25) is 0 Å². The fraction of sp³-hybridized carbons (Fsp3) is 0.438. The maximum Gasteiger partial charge on any atom is 0.133 e. The van der Waals surface area contributed by atoms with Gasteiger partial charge in [-0.15, -0.1) is 11.6 Å². The van der Waals surface area contributed by atoms with E-state index >= 15 is 0 Å². The number of para-hydroxylation sites is 1. The van der Waals surface area contributed by atoms with Gasteiger partial charge in [-0.05, 0) is 18.6 Å². The first-order valence-corrected chi connectivity index (χ1v) is 7.53. The molecule has 0 N–H and O–H groups in total. The lowest BCUT2D eigenvalue weighted by Crippen LogP contribution is -2.23. The largest absolute Gasteiger partial charge is 0.384 e. The van der Waals surface area contributed by atoms with E-state index < -0.39 is 0 Å². The van der Waals surface area contributed by atoms with Gasteiger partial charge >= 0.3 is 0 Å². The lowest BCUT2D eigenvalue weighted by atomic mass is 10.1. The summed E-state index contributed by atoms with van der Waals surface area (Å²) in [5.41, 5.74) is 2.15. The van der Waals surface area contributed by atoms with E-state index in [1.54, 1.807) is 7.11 Å². The van der Waals surface area contributed by atoms with Gasteiger partial charge in [0.2, 0.25) is 0 Å². The van der Waals surface area contributed by atoms with Gasteiger partial charge in [-0.2, -0.15) is 0 Å². The second-order valence-electron chi connectivity index (χ2n) is 5.35. The summed E-state index contributed by atoms with van der Waals surface area (Å²) in [5.74, 6) is 2.13. The zero-order chi connectivity index (χ0) is 13.9. The SMILES string of the molecule is COCC1CCN(c2nc3ccccc3cc2CCl)C1. The van der Waals surface area contributed by atoms with Gasteiger partial charge in [0.25, 0.3) is 0 Å². The van der Waals surface area contributed by atoms with Crippen LogP contribution in [0.5, 0.6) is 0 Å². The van der Waals surface area contributed by atoms with Gasteiger partial charge < -0.3 is 9.64 Å². The molecule has 1 fully saturated rings. The summed E-state index contributed by atoms with van der Waals surface area (Å²) in [6, 6.07) is 10.4. The standard InChI is InChI=1S/C16H19ClN2O/c1-20-11-12-6-7-19(10-12)16-14(9-17)8-13-4-2-3-5-15(13)18-16/h2-5,8,12H,6-7,9-11H2,1H3. The van der Waals surface area contributed by atoms with Crippen LogP contribution in [0, 0.1) is 5.92 Å². The first-order chi connectivity index (χ1) is 9.81. The fourth-order valence-electron chi connectivity index (χ4n) is 2.92. The summed E-state index contributed by atoms with van der Waals surface area (Å²) in [7, 11) is 1.77. The Kier molecular flexibility index (Phi) is 4.08. The molecule has 3 rings (SSSR count). The molecular formula is C16H19ClN2O. The van der Waals surface area contributed by atoms with E-state index in [-0.39, 0.29) is 0 Å². The van der Waals surface area contributed by atoms with Crippen molar-refractivity contribution in [2.24, 2.45) is 5.92 Å². The molecule has 2 aromatic rings. The molecule has 4 heteroatoms. The molecule has 0 spiro atoms. The first-order valence-electron chi connectivity index (χ1n) is 7.00. The van der Waals surface area contributed by atoms with Crippen molar-refractivity contribution in [1.82, 2.24) is 4.98 Å². The van der Waals surface area contributed by atoms with Crippen LogP contribution in [0.25, 0.3) is 10.9 Å². The molecule has 0 radical (unpaired) electrons. The molecule has 3 nitrogen and oxygen atoms in total. The summed E-state index contributed by atoms with van der Waals surface area (Å²) < 4.78 is 5.26. The molecule has 0 amide bonds. The maximum absolute atomic E-state index is 6.12. The molecule has 106 valence electrons. The van der Waals surface area contributed by atoms with Crippen LogP contribution >= 0.6 is 11.6 Å². The fourth-order valence-corrected chi connectivity index (χ4v) is 3.12. The normalized spacial score (nSPS) is 18.9. The van der Waals surface area contributed by atoms with E-state index in [9.17, 15) is 0 Å². The summed E-state index contributed by atoms with van der Waals surface area (Å²) in [6.07, 6.45) is 1.16. The Balaban J connectivity index is 1.94. The Labute approximate surface area is 124 Å². The molecule has 0 bridgehead atoms. The molecule has 1 atom stereocenters. The van der Waals surface area contributed by atoms with Crippen LogP contribution < -0.4 is 4.90 Å². The number of pyridine rings is 1. The number of halogens is 1. The molecule has 1 aromatic carbocycles. The predicted molar refractivity (Wildman–Crippen MR) is 83.5 cm³/mol. The van der Waals surface area contributed by atoms with Crippen molar-refractivity contribution in [3.63, 3.8) is 0 Å². The van der Waals surface area contributed by atoms with Crippen molar-refractivity contribution < 1.29 is 4.74 Å². The lowest BCUT2D eigenvalue weighted by Gasteiger charge is -2.21. The number of hydrogen-bond acceptors (Lipinski definition) is 3. The zero-order valence-corrected chi connectivity index (χ0v) is 12.4. The quantitative estimate of drug-likeness (QED) is 0.807. The molecule has 0 aliphatic carbocycles. The lowest BCUT2D eigenvalue weighted by molar-refractivity contribution is 0.161. The van der Waals surface area contributed by atoms with E-state index in [0.29, 0.717) is 11.8 Å². The third-order valence-electron chi connectivity index (χ3n) is 3.91. The number of rotatable bonds is 4. The minimum absolute atomic E-state index is 0.499. The van der Waals surface area contributed by atoms with Crippen molar-refractivity contribution in [2.75, 3.05) is 31.7 Å². The van der Waals surface area contributed by atoms with Crippen LogP contribution in [-0.2, 0) is 10.6 Å². The number of nitrogens with zero attached hydrogens (tertiary/aromatic N) is 2. The summed E-state index contributed by atoms with van der Waals surface area (Å²) in [6.45, 7) is 2.85. The number of hydrogen-bond donors (Lipinski definition) is 0. The highest BCUT2D eigenvalue weighted by Crippen LogP contribution is 2.29. The smallest absolute Gasteiger partial charge is 0.133 e. The molecule has 1 aliphatic rings. The van der Waals surface area contributed by atoms with E-state index in [0.717, 1.165) is 48.4 Å². The molecule has 0 saturated carbocycles. The average molecular weight is 291 g/mol. The van der Waals surface area contributed by atoms with E-state index in [1.165, 1.54) is 0 Å². The Morgan fingerprint density at radius 3 is 3.05 bits per heavy atom. The number of aromatic nitrogens is 1. The van der Waals surface area contributed by atoms with Crippen LogP contribution in [0.1, 0.15) is 12.0 Å². The second-order valence-corrected chi connectivity index (χ2v) is 5.62. The highest BCUT2D eigenvalue weighted by Gasteiger charge is 2.25. The van der Waals surface area contributed by atoms with Crippen molar-refractivity contribution in [2.45, 2.75) is 12.3 Å². The van der Waals surface area contributed by atoms with Crippen LogP contribution in [-0.4, -0.2) is 31.8 Å². The summed E-state index contributed by atoms with van der Waals surface area (Å²) >= 11 is 6.12. The van der Waals surface area contributed by atoms with Crippen LogP contribution in [0.4, 0.5) is 5.82 Å². The molecule has 2 heterocycles. The minimum atomic E-state index is 0.499. The minimum Gasteiger partial charge on any atom is -0.384 e. The molecule has 1 aromatic heterocycles. The van der Waals surface area contributed by atoms with Gasteiger partial charge in [-0.25, -0.2) is 4.98 Å². The van der Waals surface area contributed by atoms with E-state index in [1.807, 2.05) is 12.1 Å². The highest BCUT2D eigenvalue weighted by molar-refractivity contribution is 6.17. The van der Waals surface area contributed by atoms with Crippen molar-refractivity contribution in [3.05, 3.63) is 35.9 Å². The Bertz CT molecular complexity index is 602. The number of ether oxygens (including phenoxy) is 1. The van der Waals surface area contributed by atoms with Crippen LogP contribution in [0.15, 0.2) is 30.3 Å². The summed E-state index contributed by atoms with van der Waals surface area (Å²) in [4.78, 5) is 7.16. The Hall–Kier alpha value is -1.32.